The number of nitrogens with zero attached hydrogens (tertiary/aromatic N) is 1. The van der Waals surface area contributed by atoms with Crippen molar-refractivity contribution in [1.29, 1.82) is 0 Å². The Bertz CT molecular complexity index is 847. The van der Waals surface area contributed by atoms with Crippen LogP contribution in [-0.4, -0.2) is 35.4 Å². The summed E-state index contributed by atoms with van der Waals surface area (Å²) in [4.78, 5) is 27.3. The first kappa shape index (κ1) is 23.9. The molecule has 2 aromatic carbocycles. The summed E-state index contributed by atoms with van der Waals surface area (Å²) in [6.45, 7) is 9.90. The van der Waals surface area contributed by atoms with Crippen LogP contribution in [0, 0.1) is 13.8 Å². The van der Waals surface area contributed by atoms with Gasteiger partial charge in [-0.1, -0.05) is 53.2 Å². The van der Waals surface area contributed by atoms with Crippen LogP contribution in [0.1, 0.15) is 43.9 Å². The SMILES string of the molecule is CC[C@@H](C)NC(=O)[C@H](C)N(Cc1ccccc1)C(=O)COc1cc(C)c(Br)c(C)c1. The van der Waals surface area contributed by atoms with E-state index in [1.54, 1.807) is 11.8 Å². The Kier molecular flexibility index (Phi) is 8.90. The largest absolute Gasteiger partial charge is 0.484 e. The predicted octanol–water partition coefficient (Wildman–Crippen LogP) is 4.78. The normalized spacial score (nSPS) is 12.7. The zero-order chi connectivity index (χ0) is 22.3. The minimum Gasteiger partial charge on any atom is -0.484 e. The van der Waals surface area contributed by atoms with Gasteiger partial charge in [-0.25, -0.2) is 0 Å². The van der Waals surface area contributed by atoms with Gasteiger partial charge < -0.3 is 15.0 Å². The lowest BCUT2D eigenvalue weighted by Gasteiger charge is -2.29. The first-order valence-electron chi connectivity index (χ1n) is 10.3. The number of hydrogen-bond donors (Lipinski definition) is 1. The van der Waals surface area contributed by atoms with Gasteiger partial charge in [0, 0.05) is 17.1 Å². The van der Waals surface area contributed by atoms with E-state index >= 15 is 0 Å². The first-order chi connectivity index (χ1) is 14.2. The van der Waals surface area contributed by atoms with E-state index in [9.17, 15) is 9.59 Å². The summed E-state index contributed by atoms with van der Waals surface area (Å²) < 4.78 is 6.82. The summed E-state index contributed by atoms with van der Waals surface area (Å²) in [6, 6.07) is 12.9. The van der Waals surface area contributed by atoms with Gasteiger partial charge in [-0.2, -0.15) is 0 Å². The van der Waals surface area contributed by atoms with Gasteiger partial charge >= 0.3 is 0 Å². The van der Waals surface area contributed by atoms with Crippen molar-refractivity contribution >= 4 is 27.7 Å². The number of nitrogens with one attached hydrogen (secondary N) is 1. The molecule has 0 radical (unpaired) electrons. The van der Waals surface area contributed by atoms with Crippen LogP contribution >= 0.6 is 15.9 Å². The highest BCUT2D eigenvalue weighted by Crippen LogP contribution is 2.26. The van der Waals surface area contributed by atoms with E-state index < -0.39 is 6.04 Å². The van der Waals surface area contributed by atoms with Gasteiger partial charge in [0.2, 0.25) is 5.91 Å². The molecule has 162 valence electrons. The third kappa shape index (κ3) is 6.59. The van der Waals surface area contributed by atoms with Crippen molar-refractivity contribution < 1.29 is 14.3 Å². The number of carbonyl (C=O) groups excluding carboxylic acids is 2. The Labute approximate surface area is 187 Å². The smallest absolute Gasteiger partial charge is 0.261 e. The van der Waals surface area contributed by atoms with Crippen LogP contribution in [-0.2, 0) is 16.1 Å². The monoisotopic (exact) mass is 474 g/mol. The Morgan fingerprint density at radius 2 is 1.70 bits per heavy atom. The summed E-state index contributed by atoms with van der Waals surface area (Å²) in [5.74, 6) is 0.241. The fraction of sp³-hybridized carbons (Fsp3) is 0.417. The first-order valence-corrected chi connectivity index (χ1v) is 11.1. The van der Waals surface area contributed by atoms with E-state index in [0.29, 0.717) is 12.3 Å². The second-order valence-electron chi connectivity index (χ2n) is 7.66. The Hall–Kier alpha value is -2.34. The highest BCUT2D eigenvalue weighted by Gasteiger charge is 2.27. The van der Waals surface area contributed by atoms with Gasteiger partial charge in [-0.3, -0.25) is 9.59 Å². The molecule has 0 aliphatic rings. The minimum absolute atomic E-state index is 0.0543. The zero-order valence-electron chi connectivity index (χ0n) is 18.4. The molecule has 2 amide bonds. The van der Waals surface area contributed by atoms with E-state index in [4.69, 9.17) is 4.74 Å². The summed E-state index contributed by atoms with van der Waals surface area (Å²) in [5, 5.41) is 2.97. The van der Waals surface area contributed by atoms with Crippen LogP contribution in [0.3, 0.4) is 0 Å². The minimum atomic E-state index is -0.608. The van der Waals surface area contributed by atoms with Crippen LogP contribution in [0.5, 0.6) is 5.75 Å². The van der Waals surface area contributed by atoms with Crippen LogP contribution in [0.25, 0.3) is 0 Å². The molecule has 0 saturated carbocycles. The lowest BCUT2D eigenvalue weighted by molar-refractivity contribution is -0.142. The Balaban J connectivity index is 2.16. The molecule has 2 rings (SSSR count). The topological polar surface area (TPSA) is 58.6 Å². The highest BCUT2D eigenvalue weighted by atomic mass is 79.9. The van der Waals surface area contributed by atoms with Gasteiger partial charge in [-0.05, 0) is 62.9 Å². The molecule has 0 aliphatic heterocycles. The molecule has 1 N–H and O–H groups in total. The molecule has 0 spiro atoms. The molecule has 0 fully saturated rings. The molecule has 0 bridgehead atoms. The molecular formula is C24H31BrN2O3. The Morgan fingerprint density at radius 1 is 1.10 bits per heavy atom. The van der Waals surface area contributed by atoms with Crippen LogP contribution in [0.15, 0.2) is 46.9 Å². The third-order valence-electron chi connectivity index (χ3n) is 5.14. The predicted molar refractivity (Wildman–Crippen MR) is 123 cm³/mol. The van der Waals surface area contributed by atoms with Crippen LogP contribution < -0.4 is 10.1 Å². The highest BCUT2D eigenvalue weighted by molar-refractivity contribution is 9.10. The summed E-state index contributed by atoms with van der Waals surface area (Å²) >= 11 is 3.54. The number of carbonyl (C=O) groups is 2. The number of hydrogen-bond acceptors (Lipinski definition) is 3. The molecule has 0 aliphatic carbocycles. The summed E-state index contributed by atoms with van der Waals surface area (Å²) in [5.41, 5.74) is 3.05. The van der Waals surface area contributed by atoms with E-state index in [1.807, 2.05) is 70.2 Å². The van der Waals surface area contributed by atoms with Crippen molar-refractivity contribution in [2.75, 3.05) is 6.61 Å². The lowest BCUT2D eigenvalue weighted by Crippen LogP contribution is -2.50. The van der Waals surface area contributed by atoms with Crippen molar-refractivity contribution in [3.63, 3.8) is 0 Å². The maximum absolute atomic E-state index is 13.1. The molecule has 0 saturated heterocycles. The zero-order valence-corrected chi connectivity index (χ0v) is 20.0. The van der Waals surface area contributed by atoms with Crippen molar-refractivity contribution in [3.05, 3.63) is 63.6 Å². The van der Waals surface area contributed by atoms with E-state index in [2.05, 4.69) is 21.2 Å². The molecule has 30 heavy (non-hydrogen) atoms. The molecule has 2 atom stereocenters. The Morgan fingerprint density at radius 3 is 2.27 bits per heavy atom. The third-order valence-corrected chi connectivity index (χ3v) is 6.39. The van der Waals surface area contributed by atoms with Gasteiger partial charge in [0.25, 0.3) is 5.91 Å². The second-order valence-corrected chi connectivity index (χ2v) is 8.45. The fourth-order valence-electron chi connectivity index (χ4n) is 3.05. The van der Waals surface area contributed by atoms with Gasteiger partial charge in [0.05, 0.1) is 0 Å². The molecule has 0 heterocycles. The van der Waals surface area contributed by atoms with Crippen LogP contribution in [0.4, 0.5) is 0 Å². The summed E-state index contributed by atoms with van der Waals surface area (Å²) in [6.07, 6.45) is 0.830. The number of rotatable bonds is 9. The van der Waals surface area contributed by atoms with Gasteiger partial charge in [0.15, 0.2) is 6.61 Å². The van der Waals surface area contributed by atoms with Gasteiger partial charge in [-0.15, -0.1) is 0 Å². The number of benzene rings is 2. The standard InChI is InChI=1S/C24H31BrN2O3/c1-6-18(4)26-24(29)19(5)27(14-20-10-8-7-9-11-20)22(28)15-30-21-12-16(2)23(25)17(3)13-21/h7-13,18-19H,6,14-15H2,1-5H3,(H,26,29)/t18-,19+/m1/s1. The van der Waals surface area contributed by atoms with Crippen molar-refractivity contribution in [3.8, 4) is 5.75 Å². The lowest BCUT2D eigenvalue weighted by atomic mass is 10.1. The molecule has 6 heteroatoms. The van der Waals surface area contributed by atoms with E-state index in [-0.39, 0.29) is 24.5 Å². The van der Waals surface area contributed by atoms with Crippen molar-refractivity contribution in [1.82, 2.24) is 10.2 Å². The van der Waals surface area contributed by atoms with Crippen molar-refractivity contribution in [2.45, 2.75) is 59.7 Å². The van der Waals surface area contributed by atoms with E-state index in [1.165, 1.54) is 0 Å². The average Bonchev–Trinajstić information content (AvgIpc) is 2.74. The summed E-state index contributed by atoms with van der Waals surface area (Å²) in [7, 11) is 0. The fourth-order valence-corrected chi connectivity index (χ4v) is 3.27. The number of amides is 2. The van der Waals surface area contributed by atoms with Gasteiger partial charge in [0.1, 0.15) is 11.8 Å². The van der Waals surface area contributed by atoms with Crippen molar-refractivity contribution in [2.24, 2.45) is 0 Å². The average molecular weight is 475 g/mol. The molecule has 2 aromatic rings. The number of halogens is 1. The second kappa shape index (κ2) is 11.2. The number of aryl methyl sites for hydroxylation is 2. The maximum atomic E-state index is 13.1. The maximum Gasteiger partial charge on any atom is 0.261 e. The van der Waals surface area contributed by atoms with Crippen LogP contribution in [0.2, 0.25) is 0 Å². The number of ether oxygens (including phenoxy) is 1. The molecule has 0 aromatic heterocycles. The molecule has 0 unspecified atom stereocenters. The molecular weight excluding hydrogens is 444 g/mol. The molecule has 5 nitrogen and oxygen atoms in total. The quantitative estimate of drug-likeness (QED) is 0.568. The van der Waals surface area contributed by atoms with E-state index in [0.717, 1.165) is 27.6 Å².